The first-order chi connectivity index (χ1) is 3.41. The second kappa shape index (κ2) is 10.8. The predicted octanol–water partition coefficient (Wildman–Crippen LogP) is 2.05. The fraction of sp³-hybridized carbons (Fsp3) is 0.600. The second-order valence-corrected chi connectivity index (χ2v) is 1.63. The smallest absolute Gasteiger partial charge is 1.00 e. The van der Waals surface area contributed by atoms with Crippen molar-refractivity contribution >= 4 is 46.3 Å². The molecule has 0 bridgehead atoms. The predicted molar refractivity (Wildman–Crippen MR) is 41.6 cm³/mol. The Morgan fingerprint density at radius 1 is 1.50 bits per heavy atom. The van der Waals surface area contributed by atoms with Gasteiger partial charge in [0.15, 0.2) is 0 Å². The molecule has 0 aliphatic heterocycles. The molecule has 0 heterocycles. The van der Waals surface area contributed by atoms with E-state index in [0.717, 1.165) is 12.8 Å². The summed E-state index contributed by atoms with van der Waals surface area (Å²) in [4.78, 5) is 0. The number of hydrogen-bond donors (Lipinski definition) is 0. The number of alkyl halides is 1. The molecule has 0 fully saturated rings. The minimum Gasteiger partial charge on any atom is -1.00 e. The molecule has 0 aliphatic carbocycles. The van der Waals surface area contributed by atoms with Gasteiger partial charge in [-0.05, 0) is 18.0 Å². The fourth-order valence-electron chi connectivity index (χ4n) is 0.202. The molecule has 0 rings (SSSR count). The Kier molecular flexibility index (Phi) is 15.8. The van der Waals surface area contributed by atoms with Gasteiger partial charge in [0.1, 0.15) is 0 Å². The van der Waals surface area contributed by atoms with Crippen molar-refractivity contribution in [1.29, 1.82) is 0 Å². The minimum absolute atomic E-state index is 0. The third-order valence-corrected chi connectivity index (χ3v) is 0.903. The normalized spacial score (nSPS) is 6.25. The molecule has 3 heteroatoms. The van der Waals surface area contributed by atoms with E-state index in [2.05, 4.69) is 11.3 Å². The standard InChI is InChI=1S/C5H6Cl2.Mg.2H/c6-4-2-1-3-5-7;;;/h1-2,4H2;;;/q;+2;2*-1. The van der Waals surface area contributed by atoms with Crippen molar-refractivity contribution in [2.45, 2.75) is 12.8 Å². The molecule has 0 nitrogen and oxygen atoms in total. The Labute approximate surface area is 79.0 Å². The van der Waals surface area contributed by atoms with Gasteiger partial charge in [0.25, 0.3) is 0 Å². The van der Waals surface area contributed by atoms with Crippen LogP contribution in [0.4, 0.5) is 0 Å². The zero-order chi connectivity index (χ0) is 5.54. The van der Waals surface area contributed by atoms with Crippen LogP contribution in [0.15, 0.2) is 0 Å². The van der Waals surface area contributed by atoms with Crippen molar-refractivity contribution in [3.8, 4) is 11.3 Å². The van der Waals surface area contributed by atoms with E-state index >= 15 is 0 Å². The topological polar surface area (TPSA) is 0 Å². The van der Waals surface area contributed by atoms with Crippen molar-refractivity contribution in [3.63, 3.8) is 0 Å². The number of rotatable bonds is 2. The van der Waals surface area contributed by atoms with E-state index in [1.165, 1.54) is 0 Å². The maximum atomic E-state index is 5.33. The van der Waals surface area contributed by atoms with Crippen molar-refractivity contribution in [2.24, 2.45) is 0 Å². The summed E-state index contributed by atoms with van der Waals surface area (Å²) in [5.41, 5.74) is 0. The molecule has 0 radical (unpaired) electrons. The molecular weight excluding hydrogens is 155 g/mol. The number of hydrogen-bond acceptors (Lipinski definition) is 0. The van der Waals surface area contributed by atoms with Crippen molar-refractivity contribution in [2.75, 3.05) is 5.88 Å². The van der Waals surface area contributed by atoms with E-state index in [-0.39, 0.29) is 25.9 Å². The van der Waals surface area contributed by atoms with Crippen LogP contribution in [0.1, 0.15) is 15.7 Å². The van der Waals surface area contributed by atoms with Gasteiger partial charge in [-0.2, -0.15) is 0 Å². The van der Waals surface area contributed by atoms with Gasteiger partial charge < -0.3 is 2.85 Å². The monoisotopic (exact) mass is 162 g/mol. The largest absolute Gasteiger partial charge is 2.00 e. The molecule has 0 aromatic rings. The maximum Gasteiger partial charge on any atom is 2.00 e. The van der Waals surface area contributed by atoms with Gasteiger partial charge in [0.2, 0.25) is 0 Å². The van der Waals surface area contributed by atoms with E-state index in [4.69, 9.17) is 23.2 Å². The molecular formula is C5H8Cl2Mg. The molecule has 0 atom stereocenters. The molecule has 0 spiro atoms. The summed E-state index contributed by atoms with van der Waals surface area (Å²) in [5, 5.41) is 2.27. The van der Waals surface area contributed by atoms with Gasteiger partial charge in [0, 0.05) is 17.7 Å². The molecule has 0 saturated carbocycles. The number of unbranched alkanes of at least 4 members (excludes halogenated alkanes) is 1. The van der Waals surface area contributed by atoms with E-state index in [0.29, 0.717) is 5.88 Å². The van der Waals surface area contributed by atoms with Gasteiger partial charge >= 0.3 is 23.1 Å². The van der Waals surface area contributed by atoms with Crippen LogP contribution < -0.4 is 0 Å². The fourth-order valence-corrected chi connectivity index (χ4v) is 0.431. The van der Waals surface area contributed by atoms with Crippen LogP contribution in [0.3, 0.4) is 0 Å². The summed E-state index contributed by atoms with van der Waals surface area (Å²) in [5.74, 6) is 3.35. The minimum atomic E-state index is 0. The van der Waals surface area contributed by atoms with Crippen LogP contribution in [0.25, 0.3) is 0 Å². The van der Waals surface area contributed by atoms with Gasteiger partial charge in [-0.25, -0.2) is 0 Å². The number of halogens is 2. The summed E-state index contributed by atoms with van der Waals surface area (Å²) in [6.07, 6.45) is 1.74. The van der Waals surface area contributed by atoms with Crippen LogP contribution in [0, 0.1) is 11.3 Å². The Bertz CT molecular complexity index is 89.4. The molecule has 0 aliphatic rings. The van der Waals surface area contributed by atoms with Crippen LogP contribution in [0.2, 0.25) is 0 Å². The Balaban J connectivity index is -0.0000000600. The van der Waals surface area contributed by atoms with Gasteiger partial charge in [-0.3, -0.25) is 0 Å². The molecule has 44 valence electrons. The van der Waals surface area contributed by atoms with Gasteiger partial charge in [-0.1, -0.05) is 5.92 Å². The summed E-state index contributed by atoms with van der Waals surface area (Å²) in [7, 11) is 0. The quantitative estimate of drug-likeness (QED) is 0.253. The molecule has 0 N–H and O–H groups in total. The van der Waals surface area contributed by atoms with E-state index < -0.39 is 0 Å². The molecule has 0 aromatic heterocycles. The van der Waals surface area contributed by atoms with Crippen LogP contribution in [-0.2, 0) is 0 Å². The zero-order valence-electron chi connectivity index (χ0n) is 6.58. The first kappa shape index (κ1) is 11.7. The van der Waals surface area contributed by atoms with Crippen molar-refractivity contribution in [1.82, 2.24) is 0 Å². The van der Waals surface area contributed by atoms with E-state index in [1.54, 1.807) is 0 Å². The third-order valence-electron chi connectivity index (χ3n) is 0.502. The van der Waals surface area contributed by atoms with E-state index in [9.17, 15) is 0 Å². The molecule has 0 amide bonds. The Hall–Kier alpha value is 0.906. The molecule has 0 unspecified atom stereocenters. The Morgan fingerprint density at radius 3 is 2.50 bits per heavy atom. The first-order valence-corrected chi connectivity index (χ1v) is 2.97. The average Bonchev–Trinajstić information content (AvgIpc) is 1.69. The van der Waals surface area contributed by atoms with Gasteiger partial charge in [0.05, 0.1) is 0 Å². The summed E-state index contributed by atoms with van der Waals surface area (Å²) in [6.45, 7) is 0. The maximum absolute atomic E-state index is 5.33. The van der Waals surface area contributed by atoms with Crippen molar-refractivity contribution < 1.29 is 2.85 Å². The van der Waals surface area contributed by atoms with Gasteiger partial charge in [-0.15, -0.1) is 11.6 Å². The molecule has 0 aromatic carbocycles. The molecule has 0 saturated heterocycles. The van der Waals surface area contributed by atoms with E-state index in [1.807, 2.05) is 0 Å². The zero-order valence-corrected chi connectivity index (χ0v) is 7.51. The van der Waals surface area contributed by atoms with Crippen molar-refractivity contribution in [3.05, 3.63) is 0 Å². The summed E-state index contributed by atoms with van der Waals surface area (Å²) in [6, 6.07) is 0. The second-order valence-electron chi connectivity index (χ2n) is 1.06. The van der Waals surface area contributed by atoms with Crippen LogP contribution in [-0.4, -0.2) is 28.9 Å². The average molecular weight is 163 g/mol. The Morgan fingerprint density at radius 2 is 2.12 bits per heavy atom. The summed E-state index contributed by atoms with van der Waals surface area (Å²) < 4.78 is 0. The van der Waals surface area contributed by atoms with Crippen LogP contribution >= 0.6 is 23.2 Å². The summed E-state index contributed by atoms with van der Waals surface area (Å²) >= 11 is 10.4. The first-order valence-electron chi connectivity index (χ1n) is 2.06. The van der Waals surface area contributed by atoms with Crippen LogP contribution in [0.5, 0.6) is 0 Å². The third kappa shape index (κ3) is 10.0. The molecule has 8 heavy (non-hydrogen) atoms. The SMILES string of the molecule is ClC#CCCCCl.[H-].[H-].[Mg+2].